The Morgan fingerprint density at radius 3 is 2.32 bits per heavy atom. The normalized spacial score (nSPS) is 39.8. The summed E-state index contributed by atoms with van der Waals surface area (Å²) >= 11 is 0. The number of aliphatic carboxylic acids is 1. The van der Waals surface area contributed by atoms with Crippen LogP contribution in [0.25, 0.3) is 0 Å². The highest BCUT2D eigenvalue weighted by molar-refractivity contribution is 5.73. The van der Waals surface area contributed by atoms with Gasteiger partial charge in [-0.3, -0.25) is 4.79 Å². The fourth-order valence-electron chi connectivity index (χ4n) is 5.26. The van der Waals surface area contributed by atoms with Gasteiger partial charge in [-0.1, -0.05) is 0 Å². The highest BCUT2D eigenvalue weighted by Gasteiger charge is 2.60. The maximum Gasteiger partial charge on any atom is 0.455 e. The van der Waals surface area contributed by atoms with Gasteiger partial charge in [0.25, 0.3) is 0 Å². The number of alkyl halides is 2. The molecule has 7 heteroatoms. The van der Waals surface area contributed by atoms with Crippen LogP contribution in [-0.4, -0.2) is 35.4 Å². The van der Waals surface area contributed by atoms with Gasteiger partial charge in [0, 0.05) is 6.92 Å². The molecule has 124 valence electrons. The maximum absolute atomic E-state index is 13.2. The molecule has 2 atom stereocenters. The van der Waals surface area contributed by atoms with E-state index in [1.165, 1.54) is 6.92 Å². The van der Waals surface area contributed by atoms with E-state index in [-0.39, 0.29) is 12.6 Å². The Kier molecular flexibility index (Phi) is 3.47. The van der Waals surface area contributed by atoms with Gasteiger partial charge in [0.05, 0.1) is 6.61 Å². The molecule has 4 fully saturated rings. The van der Waals surface area contributed by atoms with Gasteiger partial charge < -0.3 is 14.6 Å². The zero-order chi connectivity index (χ0) is 16.2. The lowest BCUT2D eigenvalue weighted by Crippen LogP contribution is -2.59. The van der Waals surface area contributed by atoms with Crippen LogP contribution in [0.3, 0.4) is 0 Å². The number of hydrogen-bond acceptors (Lipinski definition) is 4. The zero-order valence-electron chi connectivity index (χ0n) is 12.4. The third kappa shape index (κ3) is 2.71. The minimum atomic E-state index is -4.17. The van der Waals surface area contributed by atoms with Crippen molar-refractivity contribution in [3.05, 3.63) is 0 Å². The van der Waals surface area contributed by atoms with Crippen molar-refractivity contribution in [2.45, 2.75) is 57.2 Å². The van der Waals surface area contributed by atoms with Crippen LogP contribution in [0.1, 0.15) is 45.4 Å². The number of rotatable bonds is 5. The van der Waals surface area contributed by atoms with E-state index in [9.17, 15) is 18.4 Å². The number of carboxylic acid groups (broad SMARTS) is 1. The molecule has 4 aliphatic rings. The average Bonchev–Trinajstić information content (AvgIpc) is 2.33. The molecule has 0 aliphatic heterocycles. The van der Waals surface area contributed by atoms with E-state index in [2.05, 4.69) is 4.74 Å². The second-order valence-corrected chi connectivity index (χ2v) is 7.35. The van der Waals surface area contributed by atoms with Crippen LogP contribution in [0.4, 0.5) is 8.78 Å². The second kappa shape index (κ2) is 4.88. The molecule has 0 heterocycles. The first-order chi connectivity index (χ1) is 10.1. The number of carbonyl (C=O) groups excluding carboxylic acids is 1. The molecule has 0 aromatic rings. The molecule has 0 saturated heterocycles. The van der Waals surface area contributed by atoms with Crippen LogP contribution in [0.15, 0.2) is 0 Å². The quantitative estimate of drug-likeness (QED) is 0.789. The van der Waals surface area contributed by atoms with E-state index in [0.717, 1.165) is 32.1 Å². The van der Waals surface area contributed by atoms with Gasteiger partial charge in [-0.15, -0.1) is 0 Å². The second-order valence-electron chi connectivity index (χ2n) is 7.35. The monoisotopic (exact) mass is 318 g/mol. The van der Waals surface area contributed by atoms with E-state index in [1.807, 2.05) is 0 Å². The van der Waals surface area contributed by atoms with Gasteiger partial charge in [-0.2, -0.15) is 8.78 Å². The molecule has 5 nitrogen and oxygen atoms in total. The predicted octanol–water partition coefficient (Wildman–Crippen LogP) is 2.58. The lowest BCUT2D eigenvalue weighted by molar-refractivity contribution is -0.272. The van der Waals surface area contributed by atoms with Crippen LogP contribution in [0.2, 0.25) is 0 Å². The standard InChI is InChI=1S/C15H20F2O5/c1-9(18)22-14-5-10-2-11(6-14)4-13(3-10,7-14)8-21-15(16,17)12(19)20/h10-11H,2-8H2,1H3,(H,19,20). The fourth-order valence-corrected chi connectivity index (χ4v) is 5.26. The third-order valence-corrected chi connectivity index (χ3v) is 5.30. The number of esters is 1. The Hall–Kier alpha value is -1.24. The van der Waals surface area contributed by atoms with E-state index < -0.39 is 23.1 Å². The van der Waals surface area contributed by atoms with E-state index in [0.29, 0.717) is 18.3 Å². The van der Waals surface area contributed by atoms with Gasteiger partial charge >= 0.3 is 18.0 Å². The van der Waals surface area contributed by atoms with Crippen molar-refractivity contribution < 1.29 is 33.0 Å². The first-order valence-electron chi connectivity index (χ1n) is 7.59. The minimum Gasteiger partial charge on any atom is -0.475 e. The van der Waals surface area contributed by atoms with E-state index in [1.54, 1.807) is 0 Å². The molecule has 0 spiro atoms. The summed E-state index contributed by atoms with van der Waals surface area (Å²) in [7, 11) is 0. The van der Waals surface area contributed by atoms with Crippen molar-refractivity contribution in [3.8, 4) is 0 Å². The van der Waals surface area contributed by atoms with Crippen LogP contribution in [-0.2, 0) is 19.1 Å². The molecule has 1 N–H and O–H groups in total. The molecule has 22 heavy (non-hydrogen) atoms. The first-order valence-corrected chi connectivity index (χ1v) is 7.59. The van der Waals surface area contributed by atoms with Crippen LogP contribution >= 0.6 is 0 Å². The topological polar surface area (TPSA) is 72.8 Å². The summed E-state index contributed by atoms with van der Waals surface area (Å²) in [5, 5.41) is 8.48. The SMILES string of the molecule is CC(=O)OC12CC3CC(CC(COC(F)(F)C(=O)O)(C3)C1)C2. The van der Waals surface area contributed by atoms with Crippen LogP contribution in [0, 0.1) is 17.3 Å². The lowest BCUT2D eigenvalue weighted by Gasteiger charge is -2.61. The van der Waals surface area contributed by atoms with Crippen molar-refractivity contribution in [2.75, 3.05) is 6.61 Å². The number of ether oxygens (including phenoxy) is 2. The van der Waals surface area contributed by atoms with Crippen molar-refractivity contribution in [1.82, 2.24) is 0 Å². The molecular formula is C15H20F2O5. The summed E-state index contributed by atoms with van der Waals surface area (Å²) in [6.45, 7) is 1.06. The highest BCUT2D eigenvalue weighted by atomic mass is 19.3. The number of carbonyl (C=O) groups is 2. The number of hydrogen-bond donors (Lipinski definition) is 1. The number of carboxylic acids is 1. The van der Waals surface area contributed by atoms with Gasteiger partial charge in [0.1, 0.15) is 5.60 Å². The summed E-state index contributed by atoms with van der Waals surface area (Å²) in [5.74, 6) is -1.95. The summed E-state index contributed by atoms with van der Waals surface area (Å²) in [6, 6.07) is 0. The molecule has 4 saturated carbocycles. The molecule has 0 aromatic heterocycles. The van der Waals surface area contributed by atoms with E-state index in [4.69, 9.17) is 9.84 Å². The molecule has 4 bridgehead atoms. The van der Waals surface area contributed by atoms with Gasteiger partial charge in [-0.05, 0) is 55.8 Å². The maximum atomic E-state index is 13.2. The summed E-state index contributed by atoms with van der Waals surface area (Å²) in [6.07, 6.45) is 0.380. The minimum absolute atomic E-state index is 0.303. The molecule has 4 aliphatic carbocycles. The average molecular weight is 318 g/mol. The van der Waals surface area contributed by atoms with Gasteiger partial charge in [-0.25, -0.2) is 4.79 Å². The van der Waals surface area contributed by atoms with Crippen molar-refractivity contribution in [2.24, 2.45) is 17.3 Å². The lowest BCUT2D eigenvalue weighted by atomic mass is 9.48. The summed E-state index contributed by atoms with van der Waals surface area (Å²) < 4.78 is 36.5. The van der Waals surface area contributed by atoms with Gasteiger partial charge in [0.15, 0.2) is 0 Å². The van der Waals surface area contributed by atoms with Crippen molar-refractivity contribution >= 4 is 11.9 Å². The fraction of sp³-hybridized carbons (Fsp3) is 0.867. The molecule has 4 rings (SSSR count). The Morgan fingerprint density at radius 2 is 1.82 bits per heavy atom. The highest BCUT2D eigenvalue weighted by Crippen LogP contribution is 2.63. The molecule has 0 amide bonds. The largest absolute Gasteiger partial charge is 0.475 e. The molecule has 0 aromatic carbocycles. The third-order valence-electron chi connectivity index (χ3n) is 5.30. The summed E-state index contributed by atoms with van der Waals surface area (Å²) in [4.78, 5) is 21.9. The Labute approximate surface area is 127 Å². The van der Waals surface area contributed by atoms with E-state index >= 15 is 0 Å². The molecule has 0 radical (unpaired) electrons. The predicted molar refractivity (Wildman–Crippen MR) is 70.1 cm³/mol. The van der Waals surface area contributed by atoms with Crippen molar-refractivity contribution in [1.29, 1.82) is 0 Å². The summed E-state index contributed by atoms with van der Waals surface area (Å²) in [5.41, 5.74) is -1.07. The molecular weight excluding hydrogens is 298 g/mol. The van der Waals surface area contributed by atoms with Crippen LogP contribution < -0.4 is 0 Å². The Bertz CT molecular complexity index is 490. The Morgan fingerprint density at radius 1 is 1.23 bits per heavy atom. The molecule has 2 unspecified atom stereocenters. The van der Waals surface area contributed by atoms with Crippen molar-refractivity contribution in [3.63, 3.8) is 0 Å². The smallest absolute Gasteiger partial charge is 0.455 e. The van der Waals surface area contributed by atoms with Gasteiger partial charge in [0.2, 0.25) is 0 Å². The van der Waals surface area contributed by atoms with Crippen LogP contribution in [0.5, 0.6) is 0 Å². The first kappa shape index (κ1) is 15.6. The number of halogens is 2. The zero-order valence-corrected chi connectivity index (χ0v) is 12.4. The Balaban J connectivity index is 1.76.